The fourth-order valence-electron chi connectivity index (χ4n) is 1.51. The summed E-state index contributed by atoms with van der Waals surface area (Å²) >= 11 is 0. The molecule has 5 nitrogen and oxygen atoms in total. The van der Waals surface area contributed by atoms with Crippen LogP contribution in [0.1, 0.15) is 16.1 Å². The molecule has 1 aromatic carbocycles. The van der Waals surface area contributed by atoms with E-state index in [1.165, 1.54) is 12.1 Å². The number of phenolic OH excluding ortho intramolecular Hbond substituents is 1. The smallest absolute Gasteiger partial charge is 0.354 e. The molecule has 16 heavy (non-hydrogen) atoms. The van der Waals surface area contributed by atoms with Crippen LogP contribution in [0.2, 0.25) is 0 Å². The minimum absolute atomic E-state index is 0.0862. The van der Waals surface area contributed by atoms with Gasteiger partial charge in [-0.05, 0) is 31.2 Å². The highest BCUT2D eigenvalue weighted by Crippen LogP contribution is 2.24. The van der Waals surface area contributed by atoms with Crippen molar-refractivity contribution >= 4 is 5.97 Å². The van der Waals surface area contributed by atoms with Gasteiger partial charge in [-0.25, -0.2) is 4.79 Å². The van der Waals surface area contributed by atoms with Crippen LogP contribution < -0.4 is 0 Å². The van der Waals surface area contributed by atoms with Crippen LogP contribution in [0.25, 0.3) is 11.3 Å². The van der Waals surface area contributed by atoms with Gasteiger partial charge >= 0.3 is 5.97 Å². The van der Waals surface area contributed by atoms with Crippen LogP contribution in [-0.2, 0) is 0 Å². The van der Waals surface area contributed by atoms with Gasteiger partial charge in [-0.15, -0.1) is 0 Å². The van der Waals surface area contributed by atoms with Gasteiger partial charge in [0.05, 0.1) is 5.69 Å². The Kier molecular flexibility index (Phi) is 2.36. The van der Waals surface area contributed by atoms with Crippen molar-refractivity contribution in [3.8, 4) is 17.0 Å². The molecule has 2 rings (SSSR count). The Bertz CT molecular complexity index is 529. The van der Waals surface area contributed by atoms with E-state index in [1.807, 2.05) is 0 Å². The summed E-state index contributed by atoms with van der Waals surface area (Å²) < 4.78 is 0. The third-order valence-corrected chi connectivity index (χ3v) is 2.36. The average molecular weight is 218 g/mol. The number of nitrogens with zero attached hydrogens (tertiary/aromatic N) is 1. The van der Waals surface area contributed by atoms with Gasteiger partial charge < -0.3 is 10.2 Å². The molecule has 0 fully saturated rings. The van der Waals surface area contributed by atoms with Crippen LogP contribution >= 0.6 is 0 Å². The second kappa shape index (κ2) is 3.69. The first-order valence-electron chi connectivity index (χ1n) is 4.67. The summed E-state index contributed by atoms with van der Waals surface area (Å²) in [6, 6.07) is 6.43. The van der Waals surface area contributed by atoms with Crippen molar-refractivity contribution in [1.82, 2.24) is 10.2 Å². The van der Waals surface area contributed by atoms with Gasteiger partial charge in [-0.2, -0.15) is 5.10 Å². The number of H-pyrrole nitrogens is 1. The SMILES string of the molecule is Cc1c(-c2ccc(O)cc2)n[nH]c1C(=O)O. The van der Waals surface area contributed by atoms with E-state index >= 15 is 0 Å². The zero-order valence-corrected chi connectivity index (χ0v) is 8.56. The van der Waals surface area contributed by atoms with E-state index in [-0.39, 0.29) is 11.4 Å². The fourth-order valence-corrected chi connectivity index (χ4v) is 1.51. The van der Waals surface area contributed by atoms with Crippen molar-refractivity contribution in [2.24, 2.45) is 0 Å². The molecule has 0 bridgehead atoms. The standard InChI is InChI=1S/C11H10N2O3/c1-6-9(12-13-10(6)11(15)16)7-2-4-8(14)5-3-7/h2-5,14H,1H3,(H,12,13)(H,15,16). The number of aromatic amines is 1. The summed E-state index contributed by atoms with van der Waals surface area (Å²) in [6.07, 6.45) is 0. The lowest BCUT2D eigenvalue weighted by Crippen LogP contribution is -1.98. The molecule has 0 saturated carbocycles. The van der Waals surface area contributed by atoms with Gasteiger partial charge in [0.2, 0.25) is 0 Å². The summed E-state index contributed by atoms with van der Waals surface area (Å²) in [5, 5.41) is 24.4. The quantitative estimate of drug-likeness (QED) is 0.717. The van der Waals surface area contributed by atoms with Gasteiger partial charge in [-0.1, -0.05) is 0 Å². The van der Waals surface area contributed by atoms with E-state index in [0.29, 0.717) is 11.3 Å². The number of hydrogen-bond acceptors (Lipinski definition) is 3. The van der Waals surface area contributed by atoms with E-state index < -0.39 is 5.97 Å². The maximum Gasteiger partial charge on any atom is 0.354 e. The van der Waals surface area contributed by atoms with Gasteiger partial charge in [-0.3, -0.25) is 5.10 Å². The predicted molar refractivity (Wildman–Crippen MR) is 57.4 cm³/mol. The highest BCUT2D eigenvalue weighted by atomic mass is 16.4. The van der Waals surface area contributed by atoms with Crippen molar-refractivity contribution in [3.05, 3.63) is 35.5 Å². The van der Waals surface area contributed by atoms with Crippen molar-refractivity contribution in [2.75, 3.05) is 0 Å². The molecule has 0 radical (unpaired) electrons. The molecule has 5 heteroatoms. The zero-order chi connectivity index (χ0) is 11.7. The normalized spacial score (nSPS) is 10.3. The van der Waals surface area contributed by atoms with Crippen LogP contribution in [-0.4, -0.2) is 26.4 Å². The lowest BCUT2D eigenvalue weighted by Gasteiger charge is -1.98. The molecule has 1 heterocycles. The third-order valence-electron chi connectivity index (χ3n) is 2.36. The molecule has 0 aliphatic heterocycles. The van der Waals surface area contributed by atoms with Crippen LogP contribution in [0.3, 0.4) is 0 Å². The fraction of sp³-hybridized carbons (Fsp3) is 0.0909. The molecule has 0 spiro atoms. The van der Waals surface area contributed by atoms with Gasteiger partial charge in [0.25, 0.3) is 0 Å². The number of benzene rings is 1. The molecule has 0 atom stereocenters. The molecular formula is C11H10N2O3. The number of nitrogens with one attached hydrogen (secondary N) is 1. The number of carbonyl (C=O) groups is 1. The predicted octanol–water partition coefficient (Wildman–Crippen LogP) is 1.79. The first-order valence-corrected chi connectivity index (χ1v) is 4.67. The lowest BCUT2D eigenvalue weighted by molar-refractivity contribution is 0.0689. The molecule has 0 unspecified atom stereocenters. The van der Waals surface area contributed by atoms with E-state index in [9.17, 15) is 4.79 Å². The van der Waals surface area contributed by atoms with Crippen molar-refractivity contribution < 1.29 is 15.0 Å². The van der Waals surface area contributed by atoms with E-state index in [0.717, 1.165) is 5.56 Å². The highest BCUT2D eigenvalue weighted by Gasteiger charge is 2.15. The Morgan fingerprint density at radius 3 is 2.44 bits per heavy atom. The Labute approximate surface area is 91.4 Å². The van der Waals surface area contributed by atoms with Crippen LogP contribution in [0.4, 0.5) is 0 Å². The molecule has 3 N–H and O–H groups in total. The number of aromatic nitrogens is 2. The largest absolute Gasteiger partial charge is 0.508 e. The van der Waals surface area contributed by atoms with Crippen LogP contribution in [0.5, 0.6) is 5.75 Å². The number of aromatic carboxylic acids is 1. The highest BCUT2D eigenvalue weighted by molar-refractivity contribution is 5.89. The Morgan fingerprint density at radius 2 is 1.94 bits per heavy atom. The monoisotopic (exact) mass is 218 g/mol. The first-order chi connectivity index (χ1) is 7.59. The number of hydrogen-bond donors (Lipinski definition) is 3. The Balaban J connectivity index is 2.49. The number of phenols is 1. The molecular weight excluding hydrogens is 208 g/mol. The number of carboxylic acids is 1. The third kappa shape index (κ3) is 1.63. The van der Waals surface area contributed by atoms with Crippen molar-refractivity contribution in [2.45, 2.75) is 6.92 Å². The van der Waals surface area contributed by atoms with Gasteiger partial charge in [0.1, 0.15) is 11.4 Å². The maximum atomic E-state index is 10.8. The summed E-state index contributed by atoms with van der Waals surface area (Å²) in [5.41, 5.74) is 2.01. The summed E-state index contributed by atoms with van der Waals surface area (Å²) in [4.78, 5) is 10.8. The topological polar surface area (TPSA) is 86.2 Å². The number of carboxylic acid groups (broad SMARTS) is 1. The molecule has 2 aromatic rings. The Morgan fingerprint density at radius 1 is 1.31 bits per heavy atom. The number of aromatic hydroxyl groups is 1. The van der Waals surface area contributed by atoms with Crippen molar-refractivity contribution in [3.63, 3.8) is 0 Å². The second-order valence-electron chi connectivity index (χ2n) is 3.42. The first kappa shape index (κ1) is 10.2. The second-order valence-corrected chi connectivity index (χ2v) is 3.42. The van der Waals surface area contributed by atoms with E-state index in [1.54, 1.807) is 19.1 Å². The van der Waals surface area contributed by atoms with Crippen molar-refractivity contribution in [1.29, 1.82) is 0 Å². The molecule has 0 amide bonds. The zero-order valence-electron chi connectivity index (χ0n) is 8.56. The molecule has 82 valence electrons. The summed E-state index contributed by atoms with van der Waals surface area (Å²) in [7, 11) is 0. The Hall–Kier alpha value is -2.30. The molecule has 1 aromatic heterocycles. The number of rotatable bonds is 2. The lowest BCUT2D eigenvalue weighted by atomic mass is 10.1. The van der Waals surface area contributed by atoms with E-state index in [4.69, 9.17) is 10.2 Å². The maximum absolute atomic E-state index is 10.8. The molecule has 0 saturated heterocycles. The molecule has 0 aliphatic carbocycles. The average Bonchev–Trinajstić information content (AvgIpc) is 2.61. The van der Waals surface area contributed by atoms with Gasteiger partial charge in [0, 0.05) is 11.1 Å². The minimum atomic E-state index is -1.03. The van der Waals surface area contributed by atoms with Crippen LogP contribution in [0.15, 0.2) is 24.3 Å². The van der Waals surface area contributed by atoms with Gasteiger partial charge in [0.15, 0.2) is 0 Å². The van der Waals surface area contributed by atoms with Crippen LogP contribution in [0, 0.1) is 6.92 Å². The molecule has 0 aliphatic rings. The van der Waals surface area contributed by atoms with E-state index in [2.05, 4.69) is 10.2 Å². The summed E-state index contributed by atoms with van der Waals surface area (Å²) in [6.45, 7) is 1.69. The minimum Gasteiger partial charge on any atom is -0.508 e. The summed E-state index contributed by atoms with van der Waals surface area (Å²) in [5.74, 6) is -0.870.